The van der Waals surface area contributed by atoms with Gasteiger partial charge in [-0.05, 0) is 30.0 Å². The number of carboxylic acid groups (broad SMARTS) is 1. The normalized spacial score (nSPS) is 12.2. The molecule has 1 aromatic carbocycles. The molecule has 0 bridgehead atoms. The van der Waals surface area contributed by atoms with E-state index in [1.54, 1.807) is 12.1 Å². The van der Waals surface area contributed by atoms with Crippen LogP contribution in [0.25, 0.3) is 0 Å². The molecule has 4 heteroatoms. The van der Waals surface area contributed by atoms with Crippen LogP contribution in [0.15, 0.2) is 18.2 Å². The number of ether oxygens (including phenoxy) is 2. The minimum absolute atomic E-state index is 0.171. The van der Waals surface area contributed by atoms with Crippen LogP contribution in [-0.4, -0.2) is 24.8 Å². The van der Waals surface area contributed by atoms with Crippen LogP contribution in [0.3, 0.4) is 0 Å². The fourth-order valence-electron chi connectivity index (χ4n) is 1.97. The van der Waals surface area contributed by atoms with Crippen LogP contribution in [-0.2, 0) is 11.3 Å². The number of carbonyl (C=O) groups is 1. The SMILES string of the molecule is CCCC(C)COCc1ccc(OC)c(C(=O)O)c1. The van der Waals surface area contributed by atoms with E-state index >= 15 is 0 Å². The molecule has 106 valence electrons. The summed E-state index contributed by atoms with van der Waals surface area (Å²) < 4.78 is 10.6. The van der Waals surface area contributed by atoms with E-state index in [1.165, 1.54) is 7.11 Å². The van der Waals surface area contributed by atoms with E-state index in [9.17, 15) is 4.79 Å². The zero-order valence-corrected chi connectivity index (χ0v) is 11.8. The molecular weight excluding hydrogens is 244 g/mol. The minimum Gasteiger partial charge on any atom is -0.496 e. The van der Waals surface area contributed by atoms with Crippen molar-refractivity contribution in [2.75, 3.05) is 13.7 Å². The molecule has 4 nitrogen and oxygen atoms in total. The molecule has 1 unspecified atom stereocenters. The first kappa shape index (κ1) is 15.5. The number of hydrogen-bond acceptors (Lipinski definition) is 3. The van der Waals surface area contributed by atoms with Gasteiger partial charge in [-0.15, -0.1) is 0 Å². The van der Waals surface area contributed by atoms with E-state index in [4.69, 9.17) is 14.6 Å². The summed E-state index contributed by atoms with van der Waals surface area (Å²) in [4.78, 5) is 11.1. The summed E-state index contributed by atoms with van der Waals surface area (Å²) in [6, 6.07) is 5.10. The first-order chi connectivity index (χ1) is 9.08. The quantitative estimate of drug-likeness (QED) is 0.784. The lowest BCUT2D eigenvalue weighted by molar-refractivity contribution is 0.0692. The Morgan fingerprint density at radius 3 is 2.74 bits per heavy atom. The molecular formula is C15H22O4. The van der Waals surface area contributed by atoms with Crippen molar-refractivity contribution < 1.29 is 19.4 Å². The van der Waals surface area contributed by atoms with Crippen molar-refractivity contribution in [3.05, 3.63) is 29.3 Å². The van der Waals surface area contributed by atoms with Gasteiger partial charge in [-0.3, -0.25) is 0 Å². The topological polar surface area (TPSA) is 55.8 Å². The van der Waals surface area contributed by atoms with Gasteiger partial charge in [0.15, 0.2) is 0 Å². The molecule has 0 spiro atoms. The Kier molecular flexibility index (Phi) is 6.36. The highest BCUT2D eigenvalue weighted by Gasteiger charge is 2.11. The third-order valence-corrected chi connectivity index (χ3v) is 2.95. The van der Waals surface area contributed by atoms with Gasteiger partial charge >= 0.3 is 5.97 Å². The number of aromatic carboxylic acids is 1. The highest BCUT2D eigenvalue weighted by atomic mass is 16.5. The molecule has 0 aliphatic heterocycles. The van der Waals surface area contributed by atoms with E-state index < -0.39 is 5.97 Å². The highest BCUT2D eigenvalue weighted by Crippen LogP contribution is 2.20. The Bertz CT molecular complexity index is 415. The smallest absolute Gasteiger partial charge is 0.339 e. The maximum atomic E-state index is 11.1. The summed E-state index contributed by atoms with van der Waals surface area (Å²) in [5, 5.41) is 9.08. The molecule has 0 saturated heterocycles. The van der Waals surface area contributed by atoms with Crippen LogP contribution in [0.4, 0.5) is 0 Å². The van der Waals surface area contributed by atoms with Crippen molar-refractivity contribution in [2.24, 2.45) is 5.92 Å². The second kappa shape index (κ2) is 7.79. The Morgan fingerprint density at radius 1 is 1.42 bits per heavy atom. The summed E-state index contributed by atoms with van der Waals surface area (Å²) in [6.45, 7) is 5.43. The average Bonchev–Trinajstić information content (AvgIpc) is 2.38. The lowest BCUT2D eigenvalue weighted by atomic mass is 10.1. The molecule has 0 aromatic heterocycles. The van der Waals surface area contributed by atoms with Crippen molar-refractivity contribution in [1.29, 1.82) is 0 Å². The van der Waals surface area contributed by atoms with Crippen LogP contribution in [0, 0.1) is 5.92 Å². The number of methoxy groups -OCH3 is 1. The van der Waals surface area contributed by atoms with Crippen molar-refractivity contribution >= 4 is 5.97 Å². The predicted octanol–water partition coefficient (Wildman–Crippen LogP) is 3.35. The zero-order chi connectivity index (χ0) is 14.3. The van der Waals surface area contributed by atoms with Crippen molar-refractivity contribution in [1.82, 2.24) is 0 Å². The summed E-state index contributed by atoms with van der Waals surface area (Å²) >= 11 is 0. The van der Waals surface area contributed by atoms with Crippen LogP contribution >= 0.6 is 0 Å². The molecule has 0 radical (unpaired) electrons. The molecule has 1 atom stereocenters. The van der Waals surface area contributed by atoms with Gasteiger partial charge in [-0.1, -0.05) is 26.3 Å². The number of rotatable bonds is 8. The van der Waals surface area contributed by atoms with E-state index in [-0.39, 0.29) is 5.56 Å². The Labute approximate surface area is 114 Å². The van der Waals surface area contributed by atoms with E-state index in [1.807, 2.05) is 6.07 Å². The van der Waals surface area contributed by atoms with E-state index in [2.05, 4.69) is 13.8 Å². The second-order valence-corrected chi connectivity index (χ2v) is 4.75. The maximum absolute atomic E-state index is 11.1. The Balaban J connectivity index is 2.60. The van der Waals surface area contributed by atoms with Gasteiger partial charge < -0.3 is 14.6 Å². The fraction of sp³-hybridized carbons (Fsp3) is 0.533. The monoisotopic (exact) mass is 266 g/mol. The zero-order valence-electron chi connectivity index (χ0n) is 11.8. The van der Waals surface area contributed by atoms with Crippen molar-refractivity contribution in [3.63, 3.8) is 0 Å². The molecule has 1 rings (SSSR count). The van der Waals surface area contributed by atoms with Gasteiger partial charge in [0.05, 0.1) is 13.7 Å². The second-order valence-electron chi connectivity index (χ2n) is 4.75. The third-order valence-electron chi connectivity index (χ3n) is 2.95. The van der Waals surface area contributed by atoms with Crippen LogP contribution < -0.4 is 4.74 Å². The van der Waals surface area contributed by atoms with Crippen LogP contribution in [0.5, 0.6) is 5.75 Å². The summed E-state index contributed by atoms with van der Waals surface area (Å²) in [5.74, 6) is -0.0872. The molecule has 1 aromatic rings. The van der Waals surface area contributed by atoms with Crippen LogP contribution in [0.1, 0.15) is 42.6 Å². The number of benzene rings is 1. The van der Waals surface area contributed by atoms with Gasteiger partial charge in [-0.2, -0.15) is 0 Å². The van der Waals surface area contributed by atoms with E-state index in [0.29, 0.717) is 24.9 Å². The molecule has 0 aliphatic carbocycles. The molecule has 0 fully saturated rings. The summed E-state index contributed by atoms with van der Waals surface area (Å²) in [6.07, 6.45) is 2.29. The number of hydrogen-bond donors (Lipinski definition) is 1. The molecule has 1 N–H and O–H groups in total. The average molecular weight is 266 g/mol. The standard InChI is InChI=1S/C15H22O4/c1-4-5-11(2)9-19-10-12-6-7-14(18-3)13(8-12)15(16)17/h6-8,11H,4-5,9-10H2,1-3H3,(H,16,17). The largest absolute Gasteiger partial charge is 0.496 e. The van der Waals surface area contributed by atoms with Crippen molar-refractivity contribution in [2.45, 2.75) is 33.3 Å². The third kappa shape index (κ3) is 4.91. The van der Waals surface area contributed by atoms with Gasteiger partial charge in [0.2, 0.25) is 0 Å². The first-order valence-electron chi connectivity index (χ1n) is 6.56. The van der Waals surface area contributed by atoms with Gasteiger partial charge in [-0.25, -0.2) is 4.79 Å². The predicted molar refractivity (Wildman–Crippen MR) is 73.7 cm³/mol. The van der Waals surface area contributed by atoms with Gasteiger partial charge in [0.1, 0.15) is 11.3 Å². The lowest BCUT2D eigenvalue weighted by Gasteiger charge is -2.12. The molecule has 0 saturated carbocycles. The first-order valence-corrected chi connectivity index (χ1v) is 6.56. The lowest BCUT2D eigenvalue weighted by Crippen LogP contribution is -2.07. The van der Waals surface area contributed by atoms with Gasteiger partial charge in [0.25, 0.3) is 0 Å². The minimum atomic E-state index is -0.988. The Hall–Kier alpha value is -1.55. The number of carboxylic acids is 1. The van der Waals surface area contributed by atoms with E-state index in [0.717, 1.165) is 18.4 Å². The van der Waals surface area contributed by atoms with Gasteiger partial charge in [0, 0.05) is 6.61 Å². The summed E-state index contributed by atoms with van der Waals surface area (Å²) in [5.41, 5.74) is 1.02. The maximum Gasteiger partial charge on any atom is 0.339 e. The molecule has 0 amide bonds. The fourth-order valence-corrected chi connectivity index (χ4v) is 1.97. The highest BCUT2D eigenvalue weighted by molar-refractivity contribution is 5.91. The van der Waals surface area contributed by atoms with Crippen molar-refractivity contribution in [3.8, 4) is 5.75 Å². The summed E-state index contributed by atoms with van der Waals surface area (Å²) in [7, 11) is 1.46. The van der Waals surface area contributed by atoms with Crippen LogP contribution in [0.2, 0.25) is 0 Å². The Morgan fingerprint density at radius 2 is 2.16 bits per heavy atom. The molecule has 0 heterocycles. The molecule has 0 aliphatic rings. The molecule has 19 heavy (non-hydrogen) atoms.